The van der Waals surface area contributed by atoms with Crippen LogP contribution in [0.15, 0.2) is 12.2 Å². The number of hydrogen-bond donors (Lipinski definition) is 8. The van der Waals surface area contributed by atoms with E-state index in [0.29, 0.717) is 19.3 Å². The molecule has 11 heteroatoms. The van der Waals surface area contributed by atoms with Crippen molar-refractivity contribution < 1.29 is 50.0 Å². The van der Waals surface area contributed by atoms with Crippen molar-refractivity contribution in [2.75, 3.05) is 13.2 Å². The molecule has 0 aromatic heterocycles. The van der Waals surface area contributed by atoms with E-state index in [2.05, 4.69) is 31.3 Å². The van der Waals surface area contributed by atoms with Crippen molar-refractivity contribution in [3.05, 3.63) is 12.2 Å². The van der Waals surface area contributed by atoms with E-state index in [0.717, 1.165) is 57.8 Å². The van der Waals surface area contributed by atoms with Crippen molar-refractivity contribution >= 4 is 5.91 Å². The molecule has 0 aliphatic carbocycles. The molecule has 0 aromatic rings. The van der Waals surface area contributed by atoms with Crippen LogP contribution < -0.4 is 5.32 Å². The van der Waals surface area contributed by atoms with E-state index in [9.17, 15) is 40.5 Å². The van der Waals surface area contributed by atoms with E-state index in [1.54, 1.807) is 0 Å². The van der Waals surface area contributed by atoms with E-state index in [4.69, 9.17) is 9.47 Å². The van der Waals surface area contributed by atoms with Gasteiger partial charge < -0.3 is 50.5 Å². The van der Waals surface area contributed by atoms with E-state index in [-0.39, 0.29) is 6.42 Å². The molecule has 1 rings (SSSR count). The molecule has 0 bridgehead atoms. The maximum Gasteiger partial charge on any atom is 0.249 e. The molecule has 73 heavy (non-hydrogen) atoms. The first-order chi connectivity index (χ1) is 35.7. The summed E-state index contributed by atoms with van der Waals surface area (Å²) in [4.78, 5) is 13.2. The zero-order valence-electron chi connectivity index (χ0n) is 47.6. The Balaban J connectivity index is 2.18. The summed E-state index contributed by atoms with van der Waals surface area (Å²) < 4.78 is 11.2. The van der Waals surface area contributed by atoms with Crippen LogP contribution >= 0.6 is 0 Å². The third-order valence-corrected chi connectivity index (χ3v) is 15.6. The number of ether oxygens (including phenoxy) is 2. The second-order valence-electron chi connectivity index (χ2n) is 22.5. The number of unbranched alkanes of at least 4 members (excludes halogenated alkanes) is 41. The minimum Gasteiger partial charge on any atom is -0.394 e. The number of rotatable bonds is 55. The molecule has 8 N–H and O–H groups in total. The Morgan fingerprint density at radius 1 is 0.466 bits per heavy atom. The molecule has 9 unspecified atom stereocenters. The molecule has 0 saturated carbocycles. The van der Waals surface area contributed by atoms with Crippen molar-refractivity contribution in [3.63, 3.8) is 0 Å². The number of hydrogen-bond acceptors (Lipinski definition) is 10. The maximum atomic E-state index is 13.2. The lowest BCUT2D eigenvalue weighted by Crippen LogP contribution is -2.60. The molecule has 1 aliphatic rings. The summed E-state index contributed by atoms with van der Waals surface area (Å²) in [6.07, 6.45) is 50.1. The van der Waals surface area contributed by atoms with Crippen molar-refractivity contribution in [2.45, 2.75) is 364 Å². The Labute approximate surface area is 449 Å². The molecule has 0 spiro atoms. The maximum absolute atomic E-state index is 13.2. The zero-order chi connectivity index (χ0) is 53.3. The average molecular weight is 1040 g/mol. The van der Waals surface area contributed by atoms with Gasteiger partial charge in [0.1, 0.15) is 36.6 Å². The molecule has 0 radical (unpaired) electrons. The Hall–Kier alpha value is -1.15. The standard InChI is InChI=1S/C62H121NO10/c1-3-5-7-9-11-13-15-17-19-20-21-22-23-24-25-26-27-28-29-30-31-32-33-34-35-36-38-39-41-43-45-47-49-54(65)57(67)53(52-72-62-60(70)59(69)58(68)56(51-64)73-62)63-61(71)55(66)50-48-46-44-42-40-37-18-16-14-12-10-8-6-4-2/h14,16,53-60,62,64-70H,3-13,15,17-52H2,1-2H3,(H,63,71)/b16-14-. The van der Waals surface area contributed by atoms with E-state index >= 15 is 0 Å². The summed E-state index contributed by atoms with van der Waals surface area (Å²) in [5.41, 5.74) is 0. The van der Waals surface area contributed by atoms with Gasteiger partial charge in [0.15, 0.2) is 6.29 Å². The fraction of sp³-hybridized carbons (Fsp3) is 0.952. The van der Waals surface area contributed by atoms with E-state index in [1.807, 2.05) is 0 Å². The lowest BCUT2D eigenvalue weighted by Gasteiger charge is -2.40. The van der Waals surface area contributed by atoms with Gasteiger partial charge in [-0.2, -0.15) is 0 Å². The van der Waals surface area contributed by atoms with Crippen LogP contribution in [0.3, 0.4) is 0 Å². The van der Waals surface area contributed by atoms with Crippen LogP contribution in [0.25, 0.3) is 0 Å². The number of nitrogens with one attached hydrogen (secondary N) is 1. The quantitative estimate of drug-likeness (QED) is 0.0215. The molecule has 11 nitrogen and oxygen atoms in total. The van der Waals surface area contributed by atoms with Gasteiger partial charge in [0.05, 0.1) is 25.4 Å². The largest absolute Gasteiger partial charge is 0.394 e. The molecule has 9 atom stereocenters. The molecule has 1 fully saturated rings. The van der Waals surface area contributed by atoms with Crippen LogP contribution in [0.5, 0.6) is 0 Å². The summed E-state index contributed by atoms with van der Waals surface area (Å²) in [7, 11) is 0. The van der Waals surface area contributed by atoms with Crippen molar-refractivity contribution in [3.8, 4) is 0 Å². The molecule has 0 aromatic carbocycles. The third kappa shape index (κ3) is 39.8. The summed E-state index contributed by atoms with van der Waals surface area (Å²) in [5, 5.41) is 76.2. The molecular weight excluding hydrogens is 919 g/mol. The molecule has 1 aliphatic heterocycles. The highest BCUT2D eigenvalue weighted by molar-refractivity contribution is 5.80. The minimum absolute atomic E-state index is 0.255. The zero-order valence-corrected chi connectivity index (χ0v) is 47.6. The van der Waals surface area contributed by atoms with Gasteiger partial charge in [-0.25, -0.2) is 0 Å². The molecular formula is C62H121NO10. The van der Waals surface area contributed by atoms with Gasteiger partial charge in [-0.3, -0.25) is 4.79 Å². The van der Waals surface area contributed by atoms with E-state index in [1.165, 1.54) is 212 Å². The monoisotopic (exact) mass is 1040 g/mol. The van der Waals surface area contributed by atoms with Gasteiger partial charge in [0.25, 0.3) is 0 Å². The van der Waals surface area contributed by atoms with Gasteiger partial charge in [-0.1, -0.05) is 283 Å². The van der Waals surface area contributed by atoms with Gasteiger partial charge >= 0.3 is 0 Å². The second-order valence-corrected chi connectivity index (χ2v) is 22.5. The van der Waals surface area contributed by atoms with Crippen molar-refractivity contribution in [2.24, 2.45) is 0 Å². The molecule has 1 amide bonds. The Bertz CT molecular complexity index is 1190. The fourth-order valence-electron chi connectivity index (χ4n) is 10.4. The first-order valence-electron chi connectivity index (χ1n) is 31.6. The Kier molecular flexibility index (Phi) is 49.4. The van der Waals surface area contributed by atoms with Crippen molar-refractivity contribution in [1.82, 2.24) is 5.32 Å². The van der Waals surface area contributed by atoms with Gasteiger partial charge in [0, 0.05) is 0 Å². The summed E-state index contributed by atoms with van der Waals surface area (Å²) in [6.45, 7) is 3.47. The molecule has 1 heterocycles. The first-order valence-corrected chi connectivity index (χ1v) is 31.6. The highest BCUT2D eigenvalue weighted by atomic mass is 16.7. The second kappa shape index (κ2) is 51.6. The number of amides is 1. The summed E-state index contributed by atoms with van der Waals surface area (Å²) >= 11 is 0. The van der Waals surface area contributed by atoms with Gasteiger partial charge in [-0.05, 0) is 38.5 Å². The minimum atomic E-state index is -1.66. The number of allylic oxidation sites excluding steroid dienone is 2. The highest BCUT2D eigenvalue weighted by Gasteiger charge is 2.44. The van der Waals surface area contributed by atoms with Gasteiger partial charge in [0.2, 0.25) is 5.91 Å². The average Bonchev–Trinajstić information content (AvgIpc) is 3.39. The predicted molar refractivity (Wildman–Crippen MR) is 303 cm³/mol. The van der Waals surface area contributed by atoms with Crippen LogP contribution in [0.4, 0.5) is 0 Å². The van der Waals surface area contributed by atoms with E-state index < -0.39 is 74.2 Å². The fourth-order valence-corrected chi connectivity index (χ4v) is 10.4. The normalized spacial score (nSPS) is 19.9. The first kappa shape index (κ1) is 69.9. The predicted octanol–water partition coefficient (Wildman–Crippen LogP) is 13.9. The molecule has 1 saturated heterocycles. The van der Waals surface area contributed by atoms with Gasteiger partial charge in [-0.15, -0.1) is 0 Å². The van der Waals surface area contributed by atoms with Crippen LogP contribution in [0, 0.1) is 0 Å². The number of carbonyl (C=O) groups excluding carboxylic acids is 1. The number of aliphatic hydroxyl groups is 7. The van der Waals surface area contributed by atoms with Crippen LogP contribution in [0.1, 0.15) is 309 Å². The van der Waals surface area contributed by atoms with Crippen molar-refractivity contribution in [1.29, 1.82) is 0 Å². The smallest absolute Gasteiger partial charge is 0.249 e. The summed E-state index contributed by atoms with van der Waals surface area (Å²) in [5.74, 6) is -0.698. The Morgan fingerprint density at radius 2 is 0.795 bits per heavy atom. The lowest BCUT2D eigenvalue weighted by molar-refractivity contribution is -0.303. The van der Waals surface area contributed by atoms with Crippen LogP contribution in [-0.4, -0.2) is 110 Å². The Morgan fingerprint density at radius 3 is 1.16 bits per heavy atom. The molecule has 434 valence electrons. The SMILES string of the molecule is CCCCCC/C=C\CCCCCCCCC(O)C(=O)NC(COC1OC(CO)C(O)C(O)C1O)C(O)C(O)CCCCCCCCCCCCCCCCCCCCCCCCCCCCCCCCCC. The number of aliphatic hydroxyl groups excluding tert-OH is 7. The summed E-state index contributed by atoms with van der Waals surface area (Å²) in [6, 6.07) is -1.17. The topological polar surface area (TPSA) is 189 Å². The van der Waals surface area contributed by atoms with Crippen LogP contribution in [-0.2, 0) is 14.3 Å². The van der Waals surface area contributed by atoms with Crippen LogP contribution in [0.2, 0.25) is 0 Å². The number of carbonyl (C=O) groups is 1. The highest BCUT2D eigenvalue weighted by Crippen LogP contribution is 2.24. The lowest BCUT2D eigenvalue weighted by atomic mass is 9.98. The third-order valence-electron chi connectivity index (χ3n) is 15.6.